The lowest BCUT2D eigenvalue weighted by molar-refractivity contribution is 0.601. The molecule has 0 aliphatic rings. The molecule has 0 spiro atoms. The topological polar surface area (TPSA) is 64.0 Å². The highest BCUT2D eigenvalue weighted by Crippen LogP contribution is 2.23. The molecule has 0 saturated carbocycles. The zero-order chi connectivity index (χ0) is 20.4. The van der Waals surface area contributed by atoms with Crippen LogP contribution in [0.15, 0.2) is 77.7 Å². The van der Waals surface area contributed by atoms with Crippen molar-refractivity contribution in [1.82, 2.24) is 9.55 Å². The molecule has 29 heavy (non-hydrogen) atoms. The minimum absolute atomic E-state index is 0.258. The van der Waals surface area contributed by atoms with Gasteiger partial charge in [0.25, 0.3) is 10.0 Å². The Morgan fingerprint density at radius 1 is 0.897 bits per heavy atom. The molecule has 0 unspecified atom stereocenters. The first kappa shape index (κ1) is 19.2. The molecular weight excluding hydrogens is 382 g/mol. The van der Waals surface area contributed by atoms with Gasteiger partial charge in [-0.1, -0.05) is 48.0 Å². The lowest BCUT2D eigenvalue weighted by Gasteiger charge is -2.13. The number of aryl methyl sites for hydroxylation is 4. The number of rotatable bonds is 6. The molecule has 3 aromatic carbocycles. The molecule has 0 amide bonds. The zero-order valence-corrected chi connectivity index (χ0v) is 17.3. The number of para-hydroxylation sites is 3. The van der Waals surface area contributed by atoms with Gasteiger partial charge in [-0.25, -0.2) is 13.4 Å². The van der Waals surface area contributed by atoms with Crippen LogP contribution in [0.4, 0.5) is 5.69 Å². The summed E-state index contributed by atoms with van der Waals surface area (Å²) in [5.74, 6) is 0.974. The predicted molar refractivity (Wildman–Crippen MR) is 117 cm³/mol. The second kappa shape index (κ2) is 7.72. The van der Waals surface area contributed by atoms with Crippen molar-refractivity contribution in [2.45, 2.75) is 24.7 Å². The molecule has 0 aliphatic heterocycles. The van der Waals surface area contributed by atoms with E-state index in [0.717, 1.165) is 28.0 Å². The van der Waals surface area contributed by atoms with Gasteiger partial charge in [0.2, 0.25) is 0 Å². The molecule has 1 heterocycles. The average Bonchev–Trinajstić information content (AvgIpc) is 3.03. The van der Waals surface area contributed by atoms with Crippen LogP contribution in [0.3, 0.4) is 0 Å². The van der Waals surface area contributed by atoms with Crippen molar-refractivity contribution in [1.29, 1.82) is 0 Å². The van der Waals surface area contributed by atoms with Crippen LogP contribution >= 0.6 is 0 Å². The molecule has 4 rings (SSSR count). The SMILES string of the molecule is Cc1ccc(S(=O)(=O)Nc2ccccc2CCc2nc3ccccc3n2C)cc1. The molecule has 148 valence electrons. The first-order valence-corrected chi connectivity index (χ1v) is 11.0. The average molecular weight is 406 g/mol. The highest BCUT2D eigenvalue weighted by Gasteiger charge is 2.16. The summed E-state index contributed by atoms with van der Waals surface area (Å²) in [6.07, 6.45) is 1.40. The number of nitrogens with one attached hydrogen (secondary N) is 1. The summed E-state index contributed by atoms with van der Waals surface area (Å²) in [4.78, 5) is 4.97. The fourth-order valence-corrected chi connectivity index (χ4v) is 4.53. The van der Waals surface area contributed by atoms with Crippen LogP contribution in [-0.4, -0.2) is 18.0 Å². The van der Waals surface area contributed by atoms with Crippen LogP contribution in [0.1, 0.15) is 17.0 Å². The van der Waals surface area contributed by atoms with Gasteiger partial charge in [-0.15, -0.1) is 0 Å². The van der Waals surface area contributed by atoms with Gasteiger partial charge in [0.1, 0.15) is 5.82 Å². The van der Waals surface area contributed by atoms with Gasteiger partial charge in [-0.05, 0) is 49.2 Å². The maximum absolute atomic E-state index is 12.8. The molecule has 1 N–H and O–H groups in total. The Bertz CT molecular complexity index is 1260. The largest absolute Gasteiger partial charge is 0.331 e. The van der Waals surface area contributed by atoms with E-state index in [1.165, 1.54) is 0 Å². The third kappa shape index (κ3) is 4.03. The predicted octanol–water partition coefficient (Wildman–Crippen LogP) is 4.47. The number of nitrogens with zero attached hydrogens (tertiary/aromatic N) is 2. The Morgan fingerprint density at radius 2 is 1.59 bits per heavy atom. The van der Waals surface area contributed by atoms with Crippen LogP contribution in [0.5, 0.6) is 0 Å². The van der Waals surface area contributed by atoms with Gasteiger partial charge in [0.05, 0.1) is 21.6 Å². The van der Waals surface area contributed by atoms with Crippen LogP contribution < -0.4 is 4.72 Å². The van der Waals surface area contributed by atoms with E-state index in [-0.39, 0.29) is 4.90 Å². The minimum atomic E-state index is -3.64. The Labute approximate surface area is 171 Å². The van der Waals surface area contributed by atoms with Gasteiger partial charge in [0.15, 0.2) is 0 Å². The van der Waals surface area contributed by atoms with E-state index in [1.807, 2.05) is 50.4 Å². The summed E-state index contributed by atoms with van der Waals surface area (Å²) in [5.41, 5.74) is 4.63. The number of imidazole rings is 1. The summed E-state index contributed by atoms with van der Waals surface area (Å²) >= 11 is 0. The molecule has 5 nitrogen and oxygen atoms in total. The standard InChI is InChI=1S/C23H23N3O2S/c1-17-11-14-19(15-12-17)29(27,28)25-20-8-4-3-7-18(20)13-16-23-24-21-9-5-6-10-22(21)26(23)2/h3-12,14-15,25H,13,16H2,1-2H3. The van der Waals surface area contributed by atoms with E-state index < -0.39 is 10.0 Å². The van der Waals surface area contributed by atoms with Gasteiger partial charge < -0.3 is 4.57 Å². The Morgan fingerprint density at radius 3 is 2.34 bits per heavy atom. The summed E-state index contributed by atoms with van der Waals surface area (Å²) < 4.78 is 30.4. The minimum Gasteiger partial charge on any atom is -0.331 e. The first-order chi connectivity index (χ1) is 13.9. The zero-order valence-electron chi connectivity index (χ0n) is 16.5. The first-order valence-electron chi connectivity index (χ1n) is 9.52. The van der Waals surface area contributed by atoms with Crippen LogP contribution in [-0.2, 0) is 29.9 Å². The van der Waals surface area contributed by atoms with Gasteiger partial charge >= 0.3 is 0 Å². The Kier molecular flexibility index (Phi) is 5.11. The third-order valence-corrected chi connectivity index (χ3v) is 6.47. The molecule has 0 bridgehead atoms. The van der Waals surface area contributed by atoms with Gasteiger partial charge in [0, 0.05) is 13.5 Å². The van der Waals surface area contributed by atoms with Crippen molar-refractivity contribution in [3.8, 4) is 0 Å². The number of aromatic nitrogens is 2. The molecule has 0 saturated heterocycles. The molecule has 0 atom stereocenters. The van der Waals surface area contributed by atoms with Crippen molar-refractivity contribution in [2.24, 2.45) is 7.05 Å². The maximum Gasteiger partial charge on any atom is 0.261 e. The fourth-order valence-electron chi connectivity index (χ4n) is 3.42. The lowest BCUT2D eigenvalue weighted by Crippen LogP contribution is -2.14. The van der Waals surface area contributed by atoms with E-state index in [9.17, 15) is 8.42 Å². The molecule has 0 fully saturated rings. The summed E-state index contributed by atoms with van der Waals surface area (Å²) in [6.45, 7) is 1.93. The number of fused-ring (bicyclic) bond motifs is 1. The molecular formula is C23H23N3O2S. The van der Waals surface area contributed by atoms with E-state index in [0.29, 0.717) is 18.5 Å². The van der Waals surface area contributed by atoms with Gasteiger partial charge in [-0.2, -0.15) is 0 Å². The van der Waals surface area contributed by atoms with Crippen molar-refractivity contribution < 1.29 is 8.42 Å². The van der Waals surface area contributed by atoms with E-state index in [2.05, 4.69) is 15.4 Å². The van der Waals surface area contributed by atoms with Crippen molar-refractivity contribution in [3.05, 3.63) is 89.7 Å². The monoisotopic (exact) mass is 405 g/mol. The number of benzene rings is 3. The number of hydrogen-bond acceptors (Lipinski definition) is 3. The number of sulfonamides is 1. The quantitative estimate of drug-likeness (QED) is 0.515. The normalized spacial score (nSPS) is 11.7. The molecule has 0 aliphatic carbocycles. The molecule has 6 heteroatoms. The summed E-state index contributed by atoms with van der Waals surface area (Å²) in [6, 6.07) is 22.4. The van der Waals surface area contributed by atoms with E-state index in [4.69, 9.17) is 4.98 Å². The van der Waals surface area contributed by atoms with Crippen molar-refractivity contribution in [2.75, 3.05) is 4.72 Å². The third-order valence-electron chi connectivity index (χ3n) is 5.09. The molecule has 0 radical (unpaired) electrons. The second-order valence-electron chi connectivity index (χ2n) is 7.15. The highest BCUT2D eigenvalue weighted by molar-refractivity contribution is 7.92. The highest BCUT2D eigenvalue weighted by atomic mass is 32.2. The molecule has 4 aromatic rings. The van der Waals surface area contributed by atoms with E-state index in [1.54, 1.807) is 30.3 Å². The molecule has 1 aromatic heterocycles. The Hall–Kier alpha value is -3.12. The smallest absolute Gasteiger partial charge is 0.261 e. The lowest BCUT2D eigenvalue weighted by atomic mass is 10.1. The summed E-state index contributed by atoms with van der Waals surface area (Å²) in [5, 5.41) is 0. The van der Waals surface area contributed by atoms with Crippen LogP contribution in [0.2, 0.25) is 0 Å². The Balaban J connectivity index is 1.56. The van der Waals surface area contributed by atoms with Gasteiger partial charge in [-0.3, -0.25) is 4.72 Å². The second-order valence-corrected chi connectivity index (χ2v) is 8.83. The van der Waals surface area contributed by atoms with Crippen molar-refractivity contribution >= 4 is 26.7 Å². The maximum atomic E-state index is 12.8. The van der Waals surface area contributed by atoms with E-state index >= 15 is 0 Å². The van der Waals surface area contributed by atoms with Crippen LogP contribution in [0.25, 0.3) is 11.0 Å². The fraction of sp³-hybridized carbons (Fsp3) is 0.174. The summed E-state index contributed by atoms with van der Waals surface area (Å²) in [7, 11) is -1.62. The van der Waals surface area contributed by atoms with Crippen molar-refractivity contribution in [3.63, 3.8) is 0 Å². The number of hydrogen-bond donors (Lipinski definition) is 1. The number of anilines is 1. The van der Waals surface area contributed by atoms with Crippen LogP contribution in [0, 0.1) is 6.92 Å².